The van der Waals surface area contributed by atoms with Crippen LogP contribution in [-0.2, 0) is 12.8 Å². The first-order valence-electron chi connectivity index (χ1n) is 4.81. The lowest BCUT2D eigenvalue weighted by Gasteiger charge is -2.14. The van der Waals surface area contributed by atoms with Crippen LogP contribution in [-0.4, -0.2) is 10.9 Å². The van der Waals surface area contributed by atoms with Gasteiger partial charge in [-0.15, -0.1) is 0 Å². The molecule has 4 nitrogen and oxygen atoms in total. The molecule has 1 aliphatic rings. The first kappa shape index (κ1) is 9.15. The molecule has 1 aromatic rings. The fraction of sp³-hybridized carbons (Fsp3) is 0.400. The van der Waals surface area contributed by atoms with Crippen LogP contribution < -0.4 is 11.3 Å². The highest BCUT2D eigenvalue weighted by molar-refractivity contribution is 5.91. The van der Waals surface area contributed by atoms with Gasteiger partial charge in [0.2, 0.25) is 0 Å². The highest BCUT2D eigenvalue weighted by atomic mass is 16.2. The van der Waals surface area contributed by atoms with E-state index in [1.54, 1.807) is 6.07 Å². The number of carbonyl (C=O) groups is 1. The highest BCUT2D eigenvalue weighted by Gasteiger charge is 2.13. The fourth-order valence-electron chi connectivity index (χ4n) is 1.78. The smallest absolute Gasteiger partial charge is 0.283 e. The van der Waals surface area contributed by atoms with E-state index < -0.39 is 0 Å². The fourth-order valence-corrected chi connectivity index (χ4v) is 1.78. The third-order valence-corrected chi connectivity index (χ3v) is 2.54. The summed E-state index contributed by atoms with van der Waals surface area (Å²) in [4.78, 5) is 15.5. The molecular weight excluding hydrogens is 178 g/mol. The molecule has 0 aromatic carbocycles. The Balaban J connectivity index is 2.33. The molecule has 0 unspecified atom stereocenters. The van der Waals surface area contributed by atoms with Crippen molar-refractivity contribution in [2.45, 2.75) is 25.7 Å². The monoisotopic (exact) mass is 191 g/mol. The Hall–Kier alpha value is -1.42. The molecular formula is C10H13N3O. The van der Waals surface area contributed by atoms with E-state index in [-0.39, 0.29) is 5.91 Å². The number of carbonyl (C=O) groups excluding carboxylic acids is 1. The molecule has 1 aliphatic carbocycles. The summed E-state index contributed by atoms with van der Waals surface area (Å²) in [6.07, 6.45) is 4.43. The summed E-state index contributed by atoms with van der Waals surface area (Å²) in [5, 5.41) is 0. The first-order chi connectivity index (χ1) is 6.81. The lowest BCUT2D eigenvalue weighted by molar-refractivity contribution is 0.0948. The molecule has 74 valence electrons. The summed E-state index contributed by atoms with van der Waals surface area (Å²) < 4.78 is 0. The predicted molar refractivity (Wildman–Crippen MR) is 52.5 cm³/mol. The van der Waals surface area contributed by atoms with Crippen molar-refractivity contribution in [1.82, 2.24) is 10.4 Å². The number of nitrogens with one attached hydrogen (secondary N) is 1. The van der Waals surface area contributed by atoms with Crippen molar-refractivity contribution in [3.05, 3.63) is 29.1 Å². The molecule has 0 aliphatic heterocycles. The normalized spacial score (nSPS) is 14.6. The summed E-state index contributed by atoms with van der Waals surface area (Å²) in [5.41, 5.74) is 4.82. The van der Waals surface area contributed by atoms with Gasteiger partial charge >= 0.3 is 0 Å². The van der Waals surface area contributed by atoms with E-state index in [2.05, 4.69) is 10.4 Å². The summed E-state index contributed by atoms with van der Waals surface area (Å²) >= 11 is 0. The zero-order chi connectivity index (χ0) is 9.97. The van der Waals surface area contributed by atoms with Crippen molar-refractivity contribution in [1.29, 1.82) is 0 Å². The molecule has 1 aromatic heterocycles. The molecule has 0 saturated heterocycles. The number of nitrogen functional groups attached to an aromatic ring is 1. The number of nitrogens with two attached hydrogens (primary N) is 1. The van der Waals surface area contributed by atoms with E-state index in [0.717, 1.165) is 25.0 Å². The molecule has 1 amide bonds. The second-order valence-corrected chi connectivity index (χ2v) is 3.48. The zero-order valence-corrected chi connectivity index (χ0v) is 7.92. The van der Waals surface area contributed by atoms with Crippen LogP contribution in [0.1, 0.15) is 34.6 Å². The van der Waals surface area contributed by atoms with E-state index in [4.69, 9.17) is 5.84 Å². The average Bonchev–Trinajstić information content (AvgIpc) is 2.27. The van der Waals surface area contributed by atoms with Gasteiger partial charge in [0.05, 0.1) is 0 Å². The Morgan fingerprint density at radius 3 is 2.93 bits per heavy atom. The van der Waals surface area contributed by atoms with E-state index in [9.17, 15) is 4.79 Å². The number of nitrogens with zero attached hydrogens (tertiary/aromatic N) is 1. The van der Waals surface area contributed by atoms with Gasteiger partial charge in [0, 0.05) is 5.69 Å². The van der Waals surface area contributed by atoms with Crippen molar-refractivity contribution < 1.29 is 4.79 Å². The van der Waals surface area contributed by atoms with Gasteiger partial charge in [-0.25, -0.2) is 10.8 Å². The third kappa shape index (κ3) is 1.61. The van der Waals surface area contributed by atoms with Crippen LogP contribution in [0.4, 0.5) is 0 Å². The number of pyridine rings is 1. The molecule has 14 heavy (non-hydrogen) atoms. The Morgan fingerprint density at radius 1 is 1.36 bits per heavy atom. The van der Waals surface area contributed by atoms with Crippen LogP contribution in [0.15, 0.2) is 12.1 Å². The topological polar surface area (TPSA) is 68.0 Å². The van der Waals surface area contributed by atoms with Crippen LogP contribution >= 0.6 is 0 Å². The quantitative estimate of drug-likeness (QED) is 0.387. The number of hydrogen-bond acceptors (Lipinski definition) is 3. The Labute approximate surface area is 82.5 Å². The number of aryl methyl sites for hydroxylation is 2. The second kappa shape index (κ2) is 3.75. The number of aromatic nitrogens is 1. The molecule has 0 saturated carbocycles. The van der Waals surface area contributed by atoms with Crippen LogP contribution in [0, 0.1) is 0 Å². The van der Waals surface area contributed by atoms with Gasteiger partial charge in [-0.1, -0.05) is 6.07 Å². The highest BCUT2D eigenvalue weighted by Crippen LogP contribution is 2.19. The zero-order valence-electron chi connectivity index (χ0n) is 7.92. The lowest BCUT2D eigenvalue weighted by atomic mass is 9.96. The van der Waals surface area contributed by atoms with Crippen LogP contribution in [0.25, 0.3) is 0 Å². The molecule has 0 bridgehead atoms. The minimum absolute atomic E-state index is 0.321. The number of hydrogen-bond donors (Lipinski definition) is 2. The van der Waals surface area contributed by atoms with Gasteiger partial charge in [0.25, 0.3) is 5.91 Å². The third-order valence-electron chi connectivity index (χ3n) is 2.54. The standard InChI is InChI=1S/C10H13N3O/c11-13-10(14)9-6-5-7-3-1-2-4-8(7)12-9/h5-6H,1-4,11H2,(H,13,14). The Bertz CT molecular complexity index is 362. The minimum atomic E-state index is -0.321. The maximum atomic E-state index is 11.2. The van der Waals surface area contributed by atoms with E-state index in [1.165, 1.54) is 12.0 Å². The van der Waals surface area contributed by atoms with Crippen LogP contribution in [0.5, 0.6) is 0 Å². The number of rotatable bonds is 1. The average molecular weight is 191 g/mol. The summed E-state index contributed by atoms with van der Waals surface area (Å²) in [6, 6.07) is 3.71. The SMILES string of the molecule is NNC(=O)c1ccc2c(n1)CCCC2. The molecule has 0 spiro atoms. The summed E-state index contributed by atoms with van der Waals surface area (Å²) in [6.45, 7) is 0. The van der Waals surface area contributed by atoms with E-state index in [1.807, 2.05) is 6.07 Å². The number of fused-ring (bicyclic) bond motifs is 1. The van der Waals surface area contributed by atoms with Gasteiger partial charge < -0.3 is 0 Å². The summed E-state index contributed by atoms with van der Waals surface area (Å²) in [7, 11) is 0. The number of amides is 1. The molecule has 2 rings (SSSR count). The van der Waals surface area contributed by atoms with Crippen molar-refractivity contribution >= 4 is 5.91 Å². The van der Waals surface area contributed by atoms with Gasteiger partial charge in [0.1, 0.15) is 5.69 Å². The molecule has 0 radical (unpaired) electrons. The van der Waals surface area contributed by atoms with Gasteiger partial charge in [0.15, 0.2) is 0 Å². The number of hydrazine groups is 1. The molecule has 3 N–H and O–H groups in total. The van der Waals surface area contributed by atoms with Crippen molar-refractivity contribution in [2.75, 3.05) is 0 Å². The maximum Gasteiger partial charge on any atom is 0.283 e. The van der Waals surface area contributed by atoms with Crippen LogP contribution in [0.2, 0.25) is 0 Å². The second-order valence-electron chi connectivity index (χ2n) is 3.48. The summed E-state index contributed by atoms with van der Waals surface area (Å²) in [5.74, 6) is 4.72. The maximum absolute atomic E-state index is 11.2. The molecule has 1 heterocycles. The molecule has 0 fully saturated rings. The van der Waals surface area contributed by atoms with Gasteiger partial charge in [-0.05, 0) is 37.3 Å². The van der Waals surface area contributed by atoms with Crippen molar-refractivity contribution in [3.63, 3.8) is 0 Å². The largest absolute Gasteiger partial charge is 0.289 e. The van der Waals surface area contributed by atoms with Gasteiger partial charge in [-0.3, -0.25) is 10.2 Å². The van der Waals surface area contributed by atoms with Crippen LogP contribution in [0.3, 0.4) is 0 Å². The Morgan fingerprint density at radius 2 is 2.14 bits per heavy atom. The minimum Gasteiger partial charge on any atom is -0.289 e. The first-order valence-corrected chi connectivity index (χ1v) is 4.81. The predicted octanol–water partition coefficient (Wildman–Crippen LogP) is 0.564. The van der Waals surface area contributed by atoms with Crippen molar-refractivity contribution in [2.24, 2.45) is 5.84 Å². The van der Waals surface area contributed by atoms with Crippen molar-refractivity contribution in [3.8, 4) is 0 Å². The molecule has 0 atom stereocenters. The van der Waals surface area contributed by atoms with Gasteiger partial charge in [-0.2, -0.15) is 0 Å². The van der Waals surface area contributed by atoms with E-state index >= 15 is 0 Å². The molecule has 4 heteroatoms. The van der Waals surface area contributed by atoms with E-state index in [0.29, 0.717) is 5.69 Å². The lowest BCUT2D eigenvalue weighted by Crippen LogP contribution is -2.31. The Kier molecular flexibility index (Phi) is 2.45.